The molecule has 0 atom stereocenters. The molecule has 0 radical (unpaired) electrons. The molecule has 1 aromatic rings. The molecule has 1 N–H and O–H groups in total. The lowest BCUT2D eigenvalue weighted by Gasteiger charge is -2.24. The Bertz CT molecular complexity index is 405. The molecule has 2 nitrogen and oxygen atoms in total. The Balaban J connectivity index is 1.70. The van der Waals surface area contributed by atoms with Crippen LogP contribution in [0.5, 0.6) is 0 Å². The molecule has 106 valence electrons. The summed E-state index contributed by atoms with van der Waals surface area (Å²) >= 11 is 6.02. The number of benzene rings is 1. The minimum atomic E-state index is -0.232. The number of nitrogens with zero attached hydrogens (tertiary/aromatic N) is 1. The van der Waals surface area contributed by atoms with Crippen molar-refractivity contribution in [1.29, 1.82) is 0 Å². The van der Waals surface area contributed by atoms with Gasteiger partial charge in [-0.05, 0) is 43.7 Å². The molecule has 0 amide bonds. The predicted molar refractivity (Wildman–Crippen MR) is 78.0 cm³/mol. The maximum atomic E-state index is 13.1. The van der Waals surface area contributed by atoms with Crippen LogP contribution in [-0.2, 0) is 6.54 Å². The van der Waals surface area contributed by atoms with Crippen molar-refractivity contribution < 1.29 is 4.39 Å². The first-order valence-corrected chi connectivity index (χ1v) is 7.39. The summed E-state index contributed by atoms with van der Waals surface area (Å²) in [7, 11) is 2.19. The molecule has 0 spiro atoms. The second kappa shape index (κ2) is 7.22. The minimum absolute atomic E-state index is 0.232. The summed E-state index contributed by atoms with van der Waals surface area (Å²) in [6, 6.07) is 5.24. The van der Waals surface area contributed by atoms with Crippen molar-refractivity contribution in [3.05, 3.63) is 34.6 Å². The van der Waals surface area contributed by atoms with E-state index in [4.69, 9.17) is 11.6 Å². The Hall–Kier alpha value is -0.640. The van der Waals surface area contributed by atoms with E-state index in [1.54, 1.807) is 6.07 Å². The molecule has 19 heavy (non-hydrogen) atoms. The Labute approximate surface area is 119 Å². The molecule has 1 aliphatic carbocycles. The summed E-state index contributed by atoms with van der Waals surface area (Å²) in [6.07, 6.45) is 5.38. The lowest BCUT2D eigenvalue weighted by atomic mass is 10.2. The number of nitrogens with one attached hydrogen (secondary N) is 1. The molecule has 1 aliphatic rings. The second-order valence-corrected chi connectivity index (χ2v) is 5.74. The number of halogens is 2. The van der Waals surface area contributed by atoms with Crippen molar-refractivity contribution in [2.75, 3.05) is 20.1 Å². The van der Waals surface area contributed by atoms with Gasteiger partial charge in [0.05, 0.1) is 0 Å². The fourth-order valence-electron chi connectivity index (χ4n) is 2.68. The summed E-state index contributed by atoms with van der Waals surface area (Å²) in [5.41, 5.74) is 0.824. The van der Waals surface area contributed by atoms with Gasteiger partial charge < -0.3 is 10.2 Å². The van der Waals surface area contributed by atoms with Gasteiger partial charge >= 0.3 is 0 Å². The summed E-state index contributed by atoms with van der Waals surface area (Å²) < 4.78 is 13.1. The monoisotopic (exact) mass is 284 g/mol. The quantitative estimate of drug-likeness (QED) is 0.805. The molecular formula is C15H22ClFN2. The number of likely N-dealkylation sites (N-methyl/N-ethyl adjacent to an activating group) is 1. The highest BCUT2D eigenvalue weighted by Crippen LogP contribution is 2.22. The van der Waals surface area contributed by atoms with Crippen molar-refractivity contribution in [3.63, 3.8) is 0 Å². The molecule has 1 aromatic carbocycles. The zero-order valence-electron chi connectivity index (χ0n) is 11.5. The van der Waals surface area contributed by atoms with Crippen LogP contribution in [0.1, 0.15) is 31.2 Å². The van der Waals surface area contributed by atoms with Crippen LogP contribution < -0.4 is 5.32 Å². The van der Waals surface area contributed by atoms with Gasteiger partial charge in [0.2, 0.25) is 0 Å². The van der Waals surface area contributed by atoms with Crippen LogP contribution in [0, 0.1) is 5.82 Å². The van der Waals surface area contributed by atoms with Gasteiger partial charge in [0, 0.05) is 30.7 Å². The Morgan fingerprint density at radius 3 is 2.84 bits per heavy atom. The van der Waals surface area contributed by atoms with Crippen LogP contribution in [0.25, 0.3) is 0 Å². The molecule has 0 unspecified atom stereocenters. The summed E-state index contributed by atoms with van der Waals surface area (Å²) in [5.74, 6) is -0.232. The fraction of sp³-hybridized carbons (Fsp3) is 0.600. The molecule has 0 saturated heterocycles. The van der Waals surface area contributed by atoms with Gasteiger partial charge in [0.1, 0.15) is 5.82 Å². The lowest BCUT2D eigenvalue weighted by molar-refractivity contribution is 0.245. The Morgan fingerprint density at radius 2 is 2.11 bits per heavy atom. The molecule has 0 bridgehead atoms. The van der Waals surface area contributed by atoms with Gasteiger partial charge in [0.25, 0.3) is 0 Å². The topological polar surface area (TPSA) is 15.3 Å². The molecule has 0 aliphatic heterocycles. The zero-order chi connectivity index (χ0) is 13.7. The van der Waals surface area contributed by atoms with E-state index >= 15 is 0 Å². The first-order valence-electron chi connectivity index (χ1n) is 7.01. The van der Waals surface area contributed by atoms with E-state index in [-0.39, 0.29) is 5.82 Å². The van der Waals surface area contributed by atoms with Crippen molar-refractivity contribution in [2.24, 2.45) is 0 Å². The van der Waals surface area contributed by atoms with E-state index in [1.807, 2.05) is 0 Å². The maximum Gasteiger partial charge on any atom is 0.123 e. The number of rotatable bonds is 6. The van der Waals surface area contributed by atoms with E-state index in [0.717, 1.165) is 24.7 Å². The van der Waals surface area contributed by atoms with Crippen LogP contribution >= 0.6 is 11.6 Å². The number of hydrogen-bond acceptors (Lipinski definition) is 2. The predicted octanol–water partition coefficient (Wildman–Crippen LogP) is 3.44. The van der Waals surface area contributed by atoms with E-state index < -0.39 is 0 Å². The summed E-state index contributed by atoms with van der Waals surface area (Å²) in [4.78, 5) is 2.42. The van der Waals surface area contributed by atoms with Crippen molar-refractivity contribution in [2.45, 2.75) is 38.3 Å². The molecule has 1 fully saturated rings. The minimum Gasteiger partial charge on any atom is -0.311 e. The largest absolute Gasteiger partial charge is 0.311 e. The lowest BCUT2D eigenvalue weighted by Crippen LogP contribution is -2.35. The van der Waals surface area contributed by atoms with E-state index in [0.29, 0.717) is 11.6 Å². The van der Waals surface area contributed by atoms with Gasteiger partial charge in [-0.25, -0.2) is 4.39 Å². The van der Waals surface area contributed by atoms with Crippen molar-refractivity contribution >= 4 is 11.6 Å². The number of hydrogen-bond donors (Lipinski definition) is 1. The van der Waals surface area contributed by atoms with Crippen molar-refractivity contribution in [1.82, 2.24) is 10.2 Å². The van der Waals surface area contributed by atoms with Gasteiger partial charge in [-0.2, -0.15) is 0 Å². The van der Waals surface area contributed by atoms with E-state index in [2.05, 4.69) is 17.3 Å². The molecule has 2 rings (SSSR count). The Morgan fingerprint density at radius 1 is 1.37 bits per heavy atom. The SMILES string of the molecule is CN(CCNCc1cc(F)ccc1Cl)C1CCCC1. The van der Waals surface area contributed by atoms with Crippen LogP contribution in [0.3, 0.4) is 0 Å². The normalized spacial score (nSPS) is 16.4. The van der Waals surface area contributed by atoms with E-state index in [9.17, 15) is 4.39 Å². The standard InChI is InChI=1S/C15H22ClFN2/c1-19(14-4-2-3-5-14)9-8-18-11-12-10-13(17)6-7-15(12)16/h6-7,10,14,18H,2-5,8-9,11H2,1H3. The fourth-order valence-corrected chi connectivity index (χ4v) is 2.87. The first kappa shape index (κ1) is 14.8. The average Bonchev–Trinajstić information content (AvgIpc) is 2.92. The third-order valence-corrected chi connectivity index (χ3v) is 4.28. The van der Waals surface area contributed by atoms with E-state index in [1.165, 1.54) is 37.8 Å². The molecule has 1 saturated carbocycles. The van der Waals surface area contributed by atoms with Gasteiger partial charge in [-0.3, -0.25) is 0 Å². The maximum absolute atomic E-state index is 13.1. The molecule has 4 heteroatoms. The first-order chi connectivity index (χ1) is 9.16. The van der Waals surface area contributed by atoms with Gasteiger partial charge in [0.15, 0.2) is 0 Å². The molecular weight excluding hydrogens is 263 g/mol. The highest BCUT2D eigenvalue weighted by Gasteiger charge is 2.18. The third kappa shape index (κ3) is 4.44. The third-order valence-electron chi connectivity index (χ3n) is 3.91. The average molecular weight is 285 g/mol. The van der Waals surface area contributed by atoms with Crippen LogP contribution in [-0.4, -0.2) is 31.1 Å². The smallest absolute Gasteiger partial charge is 0.123 e. The summed E-state index contributed by atoms with van der Waals surface area (Å²) in [5, 5.41) is 3.95. The summed E-state index contributed by atoms with van der Waals surface area (Å²) in [6.45, 7) is 2.55. The highest BCUT2D eigenvalue weighted by molar-refractivity contribution is 6.31. The molecule has 0 aromatic heterocycles. The van der Waals surface area contributed by atoms with Gasteiger partial charge in [-0.15, -0.1) is 0 Å². The van der Waals surface area contributed by atoms with Crippen LogP contribution in [0.2, 0.25) is 5.02 Å². The van der Waals surface area contributed by atoms with Crippen molar-refractivity contribution in [3.8, 4) is 0 Å². The highest BCUT2D eigenvalue weighted by atomic mass is 35.5. The Kier molecular flexibility index (Phi) is 5.61. The van der Waals surface area contributed by atoms with Gasteiger partial charge in [-0.1, -0.05) is 24.4 Å². The van der Waals surface area contributed by atoms with Crippen LogP contribution in [0.4, 0.5) is 4.39 Å². The van der Waals surface area contributed by atoms with Crippen LogP contribution in [0.15, 0.2) is 18.2 Å². The zero-order valence-corrected chi connectivity index (χ0v) is 12.2. The molecule has 0 heterocycles. The second-order valence-electron chi connectivity index (χ2n) is 5.33.